The molecular weight excluding hydrogens is 575 g/mol. The molecule has 7 nitrogen and oxygen atoms in total. The van der Waals surface area contributed by atoms with Crippen molar-refractivity contribution in [3.63, 3.8) is 0 Å². The maximum Gasteiger partial charge on any atom is 0.161 e. The van der Waals surface area contributed by atoms with E-state index in [0.29, 0.717) is 34.1 Å². The molecule has 0 aliphatic heterocycles. The Balaban J connectivity index is 1.21. The van der Waals surface area contributed by atoms with E-state index in [1.807, 2.05) is 42.5 Å². The Hall–Kier alpha value is -5.26. The molecule has 0 amide bonds. The number of nitrogens with one attached hydrogen (secondary N) is 1. The monoisotopic (exact) mass is 609 g/mol. The zero-order chi connectivity index (χ0) is 31.2. The van der Waals surface area contributed by atoms with Gasteiger partial charge >= 0.3 is 0 Å². The highest BCUT2D eigenvalue weighted by molar-refractivity contribution is 6.87. The molecule has 3 heterocycles. The molecule has 3 aromatic carbocycles. The Morgan fingerprint density at radius 1 is 0.778 bits per heavy atom. The molecule has 0 saturated heterocycles. The summed E-state index contributed by atoms with van der Waals surface area (Å²) in [7, 11) is 0.113. The van der Waals surface area contributed by atoms with Crippen LogP contribution in [0.2, 0.25) is 18.1 Å². The SMILES string of the molecule is CC[Si](C#Cc1ccc(-c2nnc(Nc3ccc(Oc4ccnc5cc(OC)cnc45)cc3)c3ccccc23)cc1)(CC)CC. The van der Waals surface area contributed by atoms with Crippen molar-refractivity contribution in [1.82, 2.24) is 20.2 Å². The molecule has 3 aromatic heterocycles. The molecule has 0 saturated carbocycles. The molecule has 0 atom stereocenters. The van der Waals surface area contributed by atoms with Crippen LogP contribution in [0.25, 0.3) is 33.1 Å². The van der Waals surface area contributed by atoms with Crippen LogP contribution in [0.1, 0.15) is 26.3 Å². The third-order valence-corrected chi connectivity index (χ3v) is 13.2. The lowest BCUT2D eigenvalue weighted by Gasteiger charge is -2.20. The van der Waals surface area contributed by atoms with Crippen molar-refractivity contribution in [3.05, 3.63) is 103 Å². The van der Waals surface area contributed by atoms with Gasteiger partial charge in [-0.1, -0.05) is 63.1 Å². The maximum atomic E-state index is 6.16. The molecule has 0 unspecified atom stereocenters. The predicted octanol–water partition coefficient (Wildman–Crippen LogP) is 9.18. The minimum absolute atomic E-state index is 0.619. The van der Waals surface area contributed by atoms with Gasteiger partial charge in [-0.05, 0) is 54.5 Å². The van der Waals surface area contributed by atoms with Gasteiger partial charge in [-0.3, -0.25) is 4.98 Å². The van der Waals surface area contributed by atoms with Gasteiger partial charge in [0, 0.05) is 45.9 Å². The molecule has 0 aliphatic carbocycles. The third kappa shape index (κ3) is 6.35. The van der Waals surface area contributed by atoms with Crippen LogP contribution >= 0.6 is 0 Å². The number of benzene rings is 3. The first-order valence-corrected chi connectivity index (χ1v) is 17.9. The molecule has 6 aromatic rings. The lowest BCUT2D eigenvalue weighted by atomic mass is 10.0. The largest absolute Gasteiger partial charge is 0.495 e. The van der Waals surface area contributed by atoms with Crippen LogP contribution in [0.4, 0.5) is 11.5 Å². The van der Waals surface area contributed by atoms with Crippen LogP contribution in [0.5, 0.6) is 17.2 Å². The summed E-state index contributed by atoms with van der Waals surface area (Å²) in [4.78, 5) is 8.85. The quantitative estimate of drug-likeness (QED) is 0.129. The summed E-state index contributed by atoms with van der Waals surface area (Å²) in [5, 5.41) is 14.7. The Bertz CT molecular complexity index is 2010. The third-order valence-electron chi connectivity index (χ3n) is 8.44. The number of nitrogens with zero attached hydrogens (tertiary/aromatic N) is 4. The number of anilines is 2. The average Bonchev–Trinajstić information content (AvgIpc) is 3.10. The topological polar surface area (TPSA) is 82.1 Å². The molecule has 0 radical (unpaired) electrons. The first-order valence-electron chi connectivity index (χ1n) is 15.3. The number of hydrogen-bond acceptors (Lipinski definition) is 7. The average molecular weight is 610 g/mol. The molecule has 0 spiro atoms. The van der Waals surface area contributed by atoms with E-state index in [4.69, 9.17) is 9.47 Å². The van der Waals surface area contributed by atoms with Gasteiger partial charge in [-0.15, -0.1) is 15.7 Å². The lowest BCUT2D eigenvalue weighted by molar-refractivity contribution is 0.413. The summed E-state index contributed by atoms with van der Waals surface area (Å²) in [6.07, 6.45) is 3.35. The van der Waals surface area contributed by atoms with Crippen molar-refractivity contribution in [2.75, 3.05) is 12.4 Å². The van der Waals surface area contributed by atoms with Gasteiger partial charge in [-0.2, -0.15) is 0 Å². The number of methoxy groups -OCH3 is 1. The van der Waals surface area contributed by atoms with Crippen LogP contribution < -0.4 is 14.8 Å². The minimum atomic E-state index is -1.49. The molecule has 0 aliphatic rings. The minimum Gasteiger partial charge on any atom is -0.495 e. The molecule has 0 bridgehead atoms. The second-order valence-corrected chi connectivity index (χ2v) is 15.8. The van der Waals surface area contributed by atoms with Crippen LogP contribution in [-0.4, -0.2) is 35.3 Å². The van der Waals surface area contributed by atoms with E-state index in [9.17, 15) is 0 Å². The highest BCUT2D eigenvalue weighted by Gasteiger charge is 2.24. The zero-order valence-electron chi connectivity index (χ0n) is 26.0. The van der Waals surface area contributed by atoms with Crippen LogP contribution in [0.15, 0.2) is 97.3 Å². The van der Waals surface area contributed by atoms with Crippen LogP contribution in [-0.2, 0) is 0 Å². The normalized spacial score (nSPS) is 11.2. The molecule has 45 heavy (non-hydrogen) atoms. The van der Waals surface area contributed by atoms with Crippen molar-refractivity contribution >= 4 is 41.4 Å². The van der Waals surface area contributed by atoms with Crippen LogP contribution in [0.3, 0.4) is 0 Å². The van der Waals surface area contributed by atoms with Crippen molar-refractivity contribution in [3.8, 4) is 40.0 Å². The first kappa shape index (κ1) is 29.8. The fourth-order valence-electron chi connectivity index (χ4n) is 5.39. The summed E-state index contributed by atoms with van der Waals surface area (Å²) in [6, 6.07) is 31.5. The van der Waals surface area contributed by atoms with Gasteiger partial charge in [0.2, 0.25) is 0 Å². The van der Waals surface area contributed by atoms with Gasteiger partial charge in [0.1, 0.15) is 30.8 Å². The maximum absolute atomic E-state index is 6.16. The summed E-state index contributed by atoms with van der Waals surface area (Å²) >= 11 is 0. The van der Waals surface area contributed by atoms with Gasteiger partial charge in [0.05, 0.1) is 18.8 Å². The predicted molar refractivity (Wildman–Crippen MR) is 185 cm³/mol. The van der Waals surface area contributed by atoms with E-state index < -0.39 is 8.07 Å². The Morgan fingerprint density at radius 2 is 1.51 bits per heavy atom. The summed E-state index contributed by atoms with van der Waals surface area (Å²) in [5.74, 6) is 6.09. The van der Waals surface area contributed by atoms with E-state index in [1.54, 1.807) is 25.6 Å². The van der Waals surface area contributed by atoms with E-state index in [0.717, 1.165) is 33.3 Å². The van der Waals surface area contributed by atoms with Gasteiger partial charge in [-0.25, -0.2) is 4.98 Å². The smallest absolute Gasteiger partial charge is 0.161 e. The fourth-order valence-corrected chi connectivity index (χ4v) is 7.83. The molecule has 1 N–H and O–H groups in total. The van der Waals surface area contributed by atoms with Crippen molar-refractivity contribution in [2.24, 2.45) is 0 Å². The van der Waals surface area contributed by atoms with Crippen LogP contribution in [0, 0.1) is 11.5 Å². The molecule has 8 heteroatoms. The number of ether oxygens (including phenoxy) is 2. The Morgan fingerprint density at radius 3 is 2.22 bits per heavy atom. The highest BCUT2D eigenvalue weighted by Crippen LogP contribution is 2.33. The van der Waals surface area contributed by atoms with E-state index in [1.165, 1.54) is 18.1 Å². The highest BCUT2D eigenvalue weighted by atomic mass is 28.3. The number of pyridine rings is 2. The molecular formula is C37H35N5O2Si. The molecule has 224 valence electrons. The van der Waals surface area contributed by atoms with Crippen molar-refractivity contribution in [2.45, 2.75) is 38.9 Å². The Labute approximate surface area is 264 Å². The van der Waals surface area contributed by atoms with E-state index in [-0.39, 0.29) is 0 Å². The van der Waals surface area contributed by atoms with E-state index >= 15 is 0 Å². The second kappa shape index (κ2) is 13.2. The zero-order valence-corrected chi connectivity index (χ0v) is 27.0. The number of hydrogen-bond donors (Lipinski definition) is 1. The standard InChI is InChI=1S/C37H35N5O2Si/c1-5-45(6-2,7-3)23-21-26-12-14-27(15-13-26)35-31-10-8-9-11-32(31)37(42-41-35)40-28-16-18-29(19-17-28)44-34-20-22-38-33-24-30(43-4)25-39-36(33)34/h8-20,22,24-25H,5-7H2,1-4H3,(H,40,42). The molecule has 6 rings (SSSR count). The lowest BCUT2D eigenvalue weighted by Crippen LogP contribution is -2.29. The van der Waals surface area contributed by atoms with Gasteiger partial charge < -0.3 is 14.8 Å². The van der Waals surface area contributed by atoms with Gasteiger partial charge in [0.25, 0.3) is 0 Å². The number of fused-ring (bicyclic) bond motifs is 2. The Kier molecular flexibility index (Phi) is 8.71. The first-order chi connectivity index (χ1) is 22.0. The van der Waals surface area contributed by atoms with Crippen molar-refractivity contribution < 1.29 is 9.47 Å². The van der Waals surface area contributed by atoms with Gasteiger partial charge in [0.15, 0.2) is 11.6 Å². The second-order valence-electron chi connectivity index (χ2n) is 10.9. The van der Waals surface area contributed by atoms with Crippen molar-refractivity contribution in [1.29, 1.82) is 0 Å². The fraction of sp³-hybridized carbons (Fsp3) is 0.189. The number of rotatable bonds is 9. The summed E-state index contributed by atoms with van der Waals surface area (Å²) in [5.41, 5.74) is 8.81. The molecule has 0 fully saturated rings. The summed E-state index contributed by atoms with van der Waals surface area (Å²) < 4.78 is 11.4. The number of aromatic nitrogens is 4. The summed E-state index contributed by atoms with van der Waals surface area (Å²) in [6.45, 7) is 6.85. The van der Waals surface area contributed by atoms with E-state index in [2.05, 4.69) is 94.1 Å².